The van der Waals surface area contributed by atoms with Crippen LogP contribution in [0.15, 0.2) is 0 Å². The van der Waals surface area contributed by atoms with Crippen LogP contribution in [0.2, 0.25) is 0 Å². The zero-order valence-electron chi connectivity index (χ0n) is 17.7. The lowest BCUT2D eigenvalue weighted by atomic mass is 9.39. The molecule has 0 aromatic heterocycles. The van der Waals surface area contributed by atoms with E-state index in [0.29, 0.717) is 22.7 Å². The number of carboxylic acid groups (broad SMARTS) is 1. The molecule has 4 saturated carbocycles. The van der Waals surface area contributed by atoms with Crippen molar-refractivity contribution < 1.29 is 9.90 Å². The number of hydrogen-bond donors (Lipinski definition) is 1. The SMILES string of the molecule is CC(C)C1CCC2(C)C3CCC4(C(=O)O)CCC[C@@H]4C3CCC2C1(C)C. The molecule has 4 fully saturated rings. The molecule has 7 atom stereocenters. The fourth-order valence-corrected chi connectivity index (χ4v) is 9.35. The molecule has 0 spiro atoms. The predicted octanol–water partition coefficient (Wildman–Crippen LogP) is 6.39. The lowest BCUT2D eigenvalue weighted by molar-refractivity contribution is -0.181. The molecule has 1 N–H and O–H groups in total. The van der Waals surface area contributed by atoms with Crippen molar-refractivity contribution in [2.45, 2.75) is 92.4 Å². The van der Waals surface area contributed by atoms with Crippen molar-refractivity contribution in [1.82, 2.24) is 0 Å². The summed E-state index contributed by atoms with van der Waals surface area (Å²) in [5.41, 5.74) is 0.489. The molecule has 0 amide bonds. The minimum Gasteiger partial charge on any atom is -0.481 e. The van der Waals surface area contributed by atoms with Crippen molar-refractivity contribution in [1.29, 1.82) is 0 Å². The molecule has 0 aromatic rings. The Bertz CT molecular complexity index is 579. The minimum atomic E-state index is -0.477. The molecule has 0 radical (unpaired) electrons. The maximum atomic E-state index is 12.2. The van der Waals surface area contributed by atoms with Gasteiger partial charge in [0, 0.05) is 0 Å². The van der Waals surface area contributed by atoms with Crippen molar-refractivity contribution in [2.75, 3.05) is 0 Å². The summed E-state index contributed by atoms with van der Waals surface area (Å²) in [5, 5.41) is 10.1. The predicted molar refractivity (Wildman–Crippen MR) is 106 cm³/mol. The zero-order chi connectivity index (χ0) is 18.9. The Morgan fingerprint density at radius 2 is 1.65 bits per heavy atom. The van der Waals surface area contributed by atoms with E-state index in [4.69, 9.17) is 0 Å². The zero-order valence-corrected chi connectivity index (χ0v) is 17.7. The standard InChI is InChI=1S/C24H40O2/c1-15(2)17-10-13-23(5)18-11-14-24(21(25)26)12-6-7-19(24)16(18)8-9-20(23)22(17,3)4/h15-20H,6-14H2,1-5H3,(H,25,26)/t16?,17?,18?,19-,20?,23?,24?/m1/s1. The van der Waals surface area contributed by atoms with E-state index in [1.807, 2.05) is 0 Å². The maximum Gasteiger partial charge on any atom is 0.309 e. The summed E-state index contributed by atoms with van der Waals surface area (Å²) >= 11 is 0. The van der Waals surface area contributed by atoms with Gasteiger partial charge in [-0.1, -0.05) is 41.0 Å². The van der Waals surface area contributed by atoms with Gasteiger partial charge in [0.05, 0.1) is 5.41 Å². The monoisotopic (exact) mass is 360 g/mol. The lowest BCUT2D eigenvalue weighted by Gasteiger charge is -2.65. The van der Waals surface area contributed by atoms with E-state index < -0.39 is 5.97 Å². The molecule has 148 valence electrons. The van der Waals surface area contributed by atoms with Gasteiger partial charge in [-0.05, 0) is 97.7 Å². The van der Waals surface area contributed by atoms with E-state index in [-0.39, 0.29) is 5.41 Å². The smallest absolute Gasteiger partial charge is 0.309 e. The first-order chi connectivity index (χ1) is 12.1. The molecule has 0 aliphatic heterocycles. The molecule has 26 heavy (non-hydrogen) atoms. The Morgan fingerprint density at radius 3 is 2.31 bits per heavy atom. The highest BCUT2D eigenvalue weighted by molar-refractivity contribution is 5.75. The third kappa shape index (κ3) is 2.32. The van der Waals surface area contributed by atoms with E-state index in [0.717, 1.165) is 42.9 Å². The average molecular weight is 361 g/mol. The van der Waals surface area contributed by atoms with Crippen LogP contribution in [-0.2, 0) is 4.79 Å². The third-order valence-electron chi connectivity index (χ3n) is 10.3. The number of hydrogen-bond acceptors (Lipinski definition) is 1. The lowest BCUT2D eigenvalue weighted by Crippen LogP contribution is -2.59. The minimum absolute atomic E-state index is 0.366. The largest absolute Gasteiger partial charge is 0.481 e. The number of aliphatic carboxylic acids is 1. The van der Waals surface area contributed by atoms with Crippen LogP contribution in [0.4, 0.5) is 0 Å². The molecule has 4 aliphatic rings. The second-order valence-electron chi connectivity index (χ2n) is 11.6. The van der Waals surface area contributed by atoms with Crippen LogP contribution in [0.25, 0.3) is 0 Å². The van der Waals surface area contributed by atoms with E-state index in [2.05, 4.69) is 34.6 Å². The van der Waals surface area contributed by atoms with Crippen molar-refractivity contribution in [2.24, 2.45) is 51.8 Å². The summed E-state index contributed by atoms with van der Waals surface area (Å²) < 4.78 is 0. The number of rotatable bonds is 2. The first-order valence-corrected chi connectivity index (χ1v) is 11.4. The van der Waals surface area contributed by atoms with Gasteiger partial charge in [-0.3, -0.25) is 4.79 Å². The molecular formula is C24H40O2. The quantitative estimate of drug-likeness (QED) is 0.619. The molecule has 0 saturated heterocycles. The second kappa shape index (κ2) is 5.98. The third-order valence-corrected chi connectivity index (χ3v) is 10.3. The highest BCUT2D eigenvalue weighted by Gasteiger charge is 2.64. The van der Waals surface area contributed by atoms with Crippen molar-refractivity contribution >= 4 is 5.97 Å². The van der Waals surface area contributed by atoms with Crippen LogP contribution >= 0.6 is 0 Å². The van der Waals surface area contributed by atoms with E-state index >= 15 is 0 Å². The second-order valence-corrected chi connectivity index (χ2v) is 11.6. The van der Waals surface area contributed by atoms with Crippen molar-refractivity contribution in [3.05, 3.63) is 0 Å². The molecule has 2 nitrogen and oxygen atoms in total. The van der Waals surface area contributed by atoms with Gasteiger partial charge in [-0.2, -0.15) is 0 Å². The van der Waals surface area contributed by atoms with Crippen molar-refractivity contribution in [3.8, 4) is 0 Å². The molecule has 6 unspecified atom stereocenters. The van der Waals surface area contributed by atoms with Crippen LogP contribution < -0.4 is 0 Å². The normalized spacial score (nSPS) is 50.0. The topological polar surface area (TPSA) is 37.3 Å². The molecule has 2 heteroatoms. The van der Waals surface area contributed by atoms with Crippen LogP contribution in [-0.4, -0.2) is 11.1 Å². The molecule has 0 heterocycles. The van der Waals surface area contributed by atoms with Gasteiger partial charge < -0.3 is 5.11 Å². The Balaban J connectivity index is 1.66. The summed E-state index contributed by atoms with van der Waals surface area (Å²) in [7, 11) is 0. The van der Waals surface area contributed by atoms with Gasteiger partial charge in [0.2, 0.25) is 0 Å². The first-order valence-electron chi connectivity index (χ1n) is 11.4. The van der Waals surface area contributed by atoms with E-state index in [1.165, 1.54) is 38.5 Å². The fraction of sp³-hybridized carbons (Fsp3) is 0.958. The van der Waals surface area contributed by atoms with E-state index in [9.17, 15) is 9.90 Å². The Kier molecular flexibility index (Phi) is 4.33. The molecule has 4 aliphatic carbocycles. The summed E-state index contributed by atoms with van der Waals surface area (Å²) in [6.45, 7) is 12.6. The fourth-order valence-electron chi connectivity index (χ4n) is 9.35. The average Bonchev–Trinajstić information content (AvgIpc) is 2.99. The van der Waals surface area contributed by atoms with Gasteiger partial charge in [-0.25, -0.2) is 0 Å². The van der Waals surface area contributed by atoms with Crippen LogP contribution in [0.1, 0.15) is 92.4 Å². The number of carbonyl (C=O) groups is 1. The Labute approximate surface area is 160 Å². The highest BCUT2D eigenvalue weighted by Crippen LogP contribution is 2.70. The number of carboxylic acids is 1. The molecular weight excluding hydrogens is 320 g/mol. The summed E-state index contributed by atoms with van der Waals surface area (Å²) in [6, 6.07) is 0. The Morgan fingerprint density at radius 1 is 0.923 bits per heavy atom. The summed E-state index contributed by atoms with van der Waals surface area (Å²) in [4.78, 5) is 12.2. The van der Waals surface area contributed by atoms with Crippen LogP contribution in [0.5, 0.6) is 0 Å². The van der Waals surface area contributed by atoms with Gasteiger partial charge >= 0.3 is 5.97 Å². The first kappa shape index (κ1) is 18.8. The van der Waals surface area contributed by atoms with Gasteiger partial charge in [-0.15, -0.1) is 0 Å². The molecule has 0 aromatic carbocycles. The summed E-state index contributed by atoms with van der Waals surface area (Å²) in [6.07, 6.45) is 10.7. The maximum absolute atomic E-state index is 12.2. The van der Waals surface area contributed by atoms with Gasteiger partial charge in [0.25, 0.3) is 0 Å². The molecule has 4 rings (SSSR count). The molecule has 0 bridgehead atoms. The highest BCUT2D eigenvalue weighted by atomic mass is 16.4. The van der Waals surface area contributed by atoms with Gasteiger partial charge in [0.15, 0.2) is 0 Å². The van der Waals surface area contributed by atoms with E-state index in [1.54, 1.807) is 0 Å². The van der Waals surface area contributed by atoms with Gasteiger partial charge in [0.1, 0.15) is 0 Å². The summed E-state index contributed by atoms with van der Waals surface area (Å²) in [5.74, 6) is 3.85. The number of fused-ring (bicyclic) bond motifs is 5. The Hall–Kier alpha value is -0.530. The van der Waals surface area contributed by atoms with Crippen molar-refractivity contribution in [3.63, 3.8) is 0 Å². The van der Waals surface area contributed by atoms with Crippen LogP contribution in [0, 0.1) is 51.8 Å². The van der Waals surface area contributed by atoms with Crippen LogP contribution in [0.3, 0.4) is 0 Å².